The Morgan fingerprint density at radius 3 is 2.61 bits per heavy atom. The van der Waals surface area contributed by atoms with Crippen molar-refractivity contribution < 1.29 is 4.79 Å². The lowest BCUT2D eigenvalue weighted by Crippen LogP contribution is -2.26. The van der Waals surface area contributed by atoms with Crippen LogP contribution in [0, 0.1) is 0 Å². The summed E-state index contributed by atoms with van der Waals surface area (Å²) in [5.41, 5.74) is 4.61. The molecule has 0 radical (unpaired) electrons. The Bertz CT molecular complexity index is 1070. The van der Waals surface area contributed by atoms with Crippen molar-refractivity contribution in [2.24, 2.45) is 0 Å². The standard InChI is InChI=1S/C23H22N4O/c1-27(19-7-3-2-4-8-19)23(28)22-12-11-18(16-26-22)24-14-13-17-15-25-21-10-6-5-9-20(17)21/h2-12,15-16,24-25H,13-14H2,1H3. The molecule has 0 aliphatic heterocycles. The van der Waals surface area contributed by atoms with Gasteiger partial charge in [-0.1, -0.05) is 36.4 Å². The Balaban J connectivity index is 1.36. The highest BCUT2D eigenvalue weighted by atomic mass is 16.2. The minimum atomic E-state index is -0.128. The highest BCUT2D eigenvalue weighted by Gasteiger charge is 2.14. The second-order valence-electron chi connectivity index (χ2n) is 6.67. The number of hydrogen-bond donors (Lipinski definition) is 2. The largest absolute Gasteiger partial charge is 0.383 e. The zero-order valence-electron chi connectivity index (χ0n) is 15.7. The fourth-order valence-electron chi connectivity index (χ4n) is 3.25. The molecule has 0 fully saturated rings. The van der Waals surface area contributed by atoms with Crippen LogP contribution in [0.2, 0.25) is 0 Å². The number of aromatic amines is 1. The van der Waals surface area contributed by atoms with Gasteiger partial charge in [0.1, 0.15) is 5.69 Å². The number of pyridine rings is 1. The first kappa shape index (κ1) is 17.8. The molecule has 0 saturated carbocycles. The zero-order chi connectivity index (χ0) is 19.3. The van der Waals surface area contributed by atoms with Gasteiger partial charge in [-0.2, -0.15) is 0 Å². The number of anilines is 2. The number of nitrogens with zero attached hydrogens (tertiary/aromatic N) is 2. The molecule has 0 aliphatic carbocycles. The Hall–Kier alpha value is -3.60. The Labute approximate surface area is 164 Å². The van der Waals surface area contributed by atoms with Crippen LogP contribution in [-0.4, -0.2) is 29.5 Å². The fourth-order valence-corrected chi connectivity index (χ4v) is 3.25. The molecule has 0 atom stereocenters. The van der Waals surface area contributed by atoms with Crippen molar-refractivity contribution in [1.82, 2.24) is 9.97 Å². The summed E-state index contributed by atoms with van der Waals surface area (Å²) >= 11 is 0. The van der Waals surface area contributed by atoms with Gasteiger partial charge in [0.2, 0.25) is 0 Å². The molecule has 2 heterocycles. The summed E-state index contributed by atoms with van der Waals surface area (Å²) in [6, 6.07) is 21.5. The molecule has 5 heteroatoms. The third-order valence-electron chi connectivity index (χ3n) is 4.83. The maximum Gasteiger partial charge on any atom is 0.276 e. The van der Waals surface area contributed by atoms with Gasteiger partial charge in [-0.25, -0.2) is 4.98 Å². The van der Waals surface area contributed by atoms with Crippen LogP contribution in [0.5, 0.6) is 0 Å². The van der Waals surface area contributed by atoms with Gasteiger partial charge >= 0.3 is 0 Å². The van der Waals surface area contributed by atoms with E-state index in [0.29, 0.717) is 5.69 Å². The van der Waals surface area contributed by atoms with E-state index in [-0.39, 0.29) is 5.91 Å². The van der Waals surface area contributed by atoms with Gasteiger partial charge in [0, 0.05) is 36.4 Å². The minimum absolute atomic E-state index is 0.128. The van der Waals surface area contributed by atoms with Crippen molar-refractivity contribution in [1.29, 1.82) is 0 Å². The first-order valence-corrected chi connectivity index (χ1v) is 9.30. The van der Waals surface area contributed by atoms with Crippen molar-refractivity contribution in [2.75, 3.05) is 23.8 Å². The van der Waals surface area contributed by atoms with E-state index in [1.54, 1.807) is 24.2 Å². The quantitative estimate of drug-likeness (QED) is 0.525. The Morgan fingerprint density at radius 2 is 1.82 bits per heavy atom. The van der Waals surface area contributed by atoms with Crippen LogP contribution in [0.4, 0.5) is 11.4 Å². The molecule has 4 rings (SSSR count). The number of rotatable bonds is 6. The van der Waals surface area contributed by atoms with Crippen LogP contribution in [0.3, 0.4) is 0 Å². The molecule has 28 heavy (non-hydrogen) atoms. The number of H-pyrrole nitrogens is 1. The van der Waals surface area contributed by atoms with Gasteiger partial charge in [0.25, 0.3) is 5.91 Å². The molecule has 0 aliphatic rings. The maximum absolute atomic E-state index is 12.6. The van der Waals surface area contributed by atoms with Crippen LogP contribution < -0.4 is 10.2 Å². The van der Waals surface area contributed by atoms with Crippen LogP contribution in [0.1, 0.15) is 16.1 Å². The molecule has 2 aromatic carbocycles. The highest BCUT2D eigenvalue weighted by Crippen LogP contribution is 2.18. The summed E-state index contributed by atoms with van der Waals surface area (Å²) in [4.78, 5) is 21.8. The first-order valence-electron chi connectivity index (χ1n) is 9.30. The average molecular weight is 370 g/mol. The molecule has 2 N–H and O–H groups in total. The molecule has 2 aromatic heterocycles. The Kier molecular flexibility index (Phi) is 5.06. The predicted octanol–water partition coefficient (Wildman–Crippen LogP) is 4.49. The van der Waals surface area contributed by atoms with E-state index < -0.39 is 0 Å². The summed E-state index contributed by atoms with van der Waals surface area (Å²) in [6.07, 6.45) is 4.68. The van der Waals surface area contributed by atoms with Gasteiger partial charge in [-0.3, -0.25) is 4.79 Å². The summed E-state index contributed by atoms with van der Waals surface area (Å²) < 4.78 is 0. The molecule has 140 valence electrons. The maximum atomic E-state index is 12.6. The summed E-state index contributed by atoms with van der Waals surface area (Å²) in [5.74, 6) is -0.128. The van der Waals surface area contributed by atoms with Gasteiger partial charge in [0.15, 0.2) is 0 Å². The predicted molar refractivity (Wildman–Crippen MR) is 114 cm³/mol. The number of benzene rings is 2. The van der Waals surface area contributed by atoms with Crippen molar-refractivity contribution in [3.8, 4) is 0 Å². The molecule has 0 spiro atoms. The first-order chi connectivity index (χ1) is 13.7. The topological polar surface area (TPSA) is 61.0 Å². The number of aromatic nitrogens is 2. The van der Waals surface area contributed by atoms with Crippen molar-refractivity contribution in [3.05, 3.63) is 90.4 Å². The van der Waals surface area contributed by atoms with E-state index in [1.807, 2.05) is 42.5 Å². The van der Waals surface area contributed by atoms with E-state index in [4.69, 9.17) is 0 Å². The van der Waals surface area contributed by atoms with Gasteiger partial charge in [-0.05, 0) is 42.3 Å². The third kappa shape index (κ3) is 3.74. The summed E-state index contributed by atoms with van der Waals surface area (Å²) in [6.45, 7) is 0.792. The smallest absolute Gasteiger partial charge is 0.276 e. The fraction of sp³-hybridized carbons (Fsp3) is 0.130. The van der Waals surface area contributed by atoms with Crippen LogP contribution in [0.25, 0.3) is 10.9 Å². The summed E-state index contributed by atoms with van der Waals surface area (Å²) in [7, 11) is 1.76. The molecule has 4 aromatic rings. The number of nitrogens with one attached hydrogen (secondary N) is 2. The summed E-state index contributed by atoms with van der Waals surface area (Å²) in [5, 5.41) is 4.63. The molecule has 0 unspecified atom stereocenters. The number of fused-ring (bicyclic) bond motifs is 1. The van der Waals surface area contributed by atoms with Gasteiger partial charge in [0.05, 0.1) is 11.9 Å². The van der Waals surface area contributed by atoms with E-state index in [2.05, 4.69) is 39.7 Å². The van der Waals surface area contributed by atoms with Crippen molar-refractivity contribution in [2.45, 2.75) is 6.42 Å². The number of para-hydroxylation sites is 2. The molecular weight excluding hydrogens is 348 g/mol. The number of carbonyl (C=O) groups excluding carboxylic acids is 1. The Morgan fingerprint density at radius 1 is 1.04 bits per heavy atom. The van der Waals surface area contributed by atoms with Crippen molar-refractivity contribution in [3.63, 3.8) is 0 Å². The second-order valence-corrected chi connectivity index (χ2v) is 6.67. The lowest BCUT2D eigenvalue weighted by molar-refractivity contribution is 0.0988. The molecule has 0 bridgehead atoms. The lowest BCUT2D eigenvalue weighted by Gasteiger charge is -2.16. The number of hydrogen-bond acceptors (Lipinski definition) is 3. The van der Waals surface area contributed by atoms with Crippen molar-refractivity contribution >= 4 is 28.2 Å². The van der Waals surface area contributed by atoms with Gasteiger partial charge in [-0.15, -0.1) is 0 Å². The normalized spacial score (nSPS) is 10.8. The van der Waals surface area contributed by atoms with E-state index in [1.165, 1.54) is 10.9 Å². The van der Waals surface area contributed by atoms with Gasteiger partial charge < -0.3 is 15.2 Å². The molecular formula is C23H22N4O. The van der Waals surface area contributed by atoms with E-state index in [9.17, 15) is 4.79 Å². The number of carbonyl (C=O) groups is 1. The number of amides is 1. The minimum Gasteiger partial charge on any atom is -0.383 e. The van der Waals surface area contributed by atoms with E-state index in [0.717, 1.165) is 29.9 Å². The SMILES string of the molecule is CN(C(=O)c1ccc(NCCc2c[nH]c3ccccc23)cn1)c1ccccc1. The molecule has 0 saturated heterocycles. The third-order valence-corrected chi connectivity index (χ3v) is 4.83. The van der Waals surface area contributed by atoms with E-state index >= 15 is 0 Å². The average Bonchev–Trinajstić information content (AvgIpc) is 3.17. The zero-order valence-corrected chi connectivity index (χ0v) is 15.7. The van der Waals surface area contributed by atoms with Crippen LogP contribution in [0.15, 0.2) is 79.1 Å². The lowest BCUT2D eigenvalue weighted by atomic mass is 10.1. The van der Waals surface area contributed by atoms with Crippen LogP contribution >= 0.6 is 0 Å². The molecule has 5 nitrogen and oxygen atoms in total. The highest BCUT2D eigenvalue weighted by molar-refractivity contribution is 6.04. The second kappa shape index (κ2) is 7.96. The molecule has 1 amide bonds. The van der Waals surface area contributed by atoms with Crippen LogP contribution in [-0.2, 0) is 6.42 Å². The monoisotopic (exact) mass is 370 g/mol.